The Labute approximate surface area is 360 Å². The minimum absolute atomic E-state index is 0.102. The zero-order valence-electron chi connectivity index (χ0n) is 36.3. The van der Waals surface area contributed by atoms with Gasteiger partial charge in [0.1, 0.15) is 36.8 Å². The van der Waals surface area contributed by atoms with Gasteiger partial charge in [-0.1, -0.05) is 125 Å². The molecule has 60 heavy (non-hydrogen) atoms. The van der Waals surface area contributed by atoms with Crippen molar-refractivity contribution in [3.63, 3.8) is 0 Å². The first-order chi connectivity index (χ1) is 29.0. The monoisotopic (exact) mass is 865 g/mol. The van der Waals surface area contributed by atoms with E-state index in [0.29, 0.717) is 12.8 Å². The minimum Gasteiger partial charge on any atom is -0.462 e. The molecule has 342 valence electrons. The molecular weight excluding hydrogens is 789 g/mol. The molecule has 13 heteroatoms. The van der Waals surface area contributed by atoms with Crippen LogP contribution in [0, 0.1) is 0 Å². The van der Waals surface area contributed by atoms with Gasteiger partial charge in [0.2, 0.25) is 0 Å². The molecule has 0 aliphatic carbocycles. The number of ether oxygens (including phenoxy) is 4. The molecule has 1 fully saturated rings. The van der Waals surface area contributed by atoms with E-state index in [2.05, 4.69) is 98.9 Å². The van der Waals surface area contributed by atoms with Crippen molar-refractivity contribution in [2.45, 2.75) is 179 Å². The van der Waals surface area contributed by atoms with Crippen LogP contribution in [-0.4, -0.2) is 96.0 Å². The average Bonchev–Trinajstić information content (AvgIpc) is 3.21. The number of rotatable bonds is 35. The highest BCUT2D eigenvalue weighted by molar-refractivity contribution is 7.85. The molecule has 0 aromatic carbocycles. The summed E-state index contributed by atoms with van der Waals surface area (Å²) in [5, 5.41) is 30.9. The number of aliphatic hydroxyl groups excluding tert-OH is 3. The second kappa shape index (κ2) is 36.5. The Morgan fingerprint density at radius 2 is 1.05 bits per heavy atom. The van der Waals surface area contributed by atoms with E-state index in [4.69, 9.17) is 18.9 Å². The first-order valence-electron chi connectivity index (χ1n) is 22.1. The molecular formula is C47H76O12S. The number of unbranched alkanes of at least 4 members (excludes halogenated alkanes) is 9. The van der Waals surface area contributed by atoms with Gasteiger partial charge in [-0.25, -0.2) is 0 Å². The van der Waals surface area contributed by atoms with Crippen LogP contribution in [0.5, 0.6) is 0 Å². The molecule has 4 N–H and O–H groups in total. The number of allylic oxidation sites excluding steroid dienone is 14. The van der Waals surface area contributed by atoms with Gasteiger partial charge in [0.25, 0.3) is 10.1 Å². The quantitative estimate of drug-likeness (QED) is 0.0206. The summed E-state index contributed by atoms with van der Waals surface area (Å²) in [6.45, 7) is 3.54. The van der Waals surface area contributed by atoms with Crippen LogP contribution in [0.3, 0.4) is 0 Å². The van der Waals surface area contributed by atoms with E-state index >= 15 is 0 Å². The third-order valence-corrected chi connectivity index (χ3v) is 10.2. The van der Waals surface area contributed by atoms with Crippen molar-refractivity contribution < 1.29 is 56.8 Å². The highest BCUT2D eigenvalue weighted by Gasteiger charge is 2.46. The molecule has 6 atom stereocenters. The number of esters is 2. The summed E-state index contributed by atoms with van der Waals surface area (Å²) in [6, 6.07) is 0. The zero-order chi connectivity index (χ0) is 44.1. The largest absolute Gasteiger partial charge is 0.462 e. The van der Waals surface area contributed by atoms with E-state index in [1.807, 2.05) is 0 Å². The predicted octanol–water partition coefficient (Wildman–Crippen LogP) is 8.89. The van der Waals surface area contributed by atoms with Crippen molar-refractivity contribution in [2.75, 3.05) is 19.0 Å². The fourth-order valence-corrected chi connectivity index (χ4v) is 6.72. The van der Waals surface area contributed by atoms with Gasteiger partial charge in [-0.2, -0.15) is 8.42 Å². The molecule has 0 amide bonds. The van der Waals surface area contributed by atoms with Crippen LogP contribution < -0.4 is 0 Å². The van der Waals surface area contributed by atoms with Gasteiger partial charge in [-0.3, -0.25) is 14.1 Å². The number of carbonyl (C=O) groups excluding carboxylic acids is 2. The van der Waals surface area contributed by atoms with Crippen LogP contribution in [0.1, 0.15) is 142 Å². The van der Waals surface area contributed by atoms with Gasteiger partial charge in [-0.05, 0) is 89.9 Å². The number of hydrogen-bond acceptors (Lipinski definition) is 11. The number of hydrogen-bond donors (Lipinski definition) is 4. The van der Waals surface area contributed by atoms with Crippen LogP contribution in [-0.2, 0) is 38.7 Å². The maximum atomic E-state index is 12.8. The van der Waals surface area contributed by atoms with Crippen LogP contribution >= 0.6 is 0 Å². The van der Waals surface area contributed by atoms with Crippen molar-refractivity contribution in [2.24, 2.45) is 0 Å². The van der Waals surface area contributed by atoms with Gasteiger partial charge in [0, 0.05) is 12.8 Å². The maximum absolute atomic E-state index is 12.8. The molecule has 0 bridgehead atoms. The fraction of sp³-hybridized carbons (Fsp3) is 0.660. The van der Waals surface area contributed by atoms with Crippen molar-refractivity contribution in [3.8, 4) is 0 Å². The molecule has 2 unspecified atom stereocenters. The van der Waals surface area contributed by atoms with Crippen LogP contribution in [0.2, 0.25) is 0 Å². The van der Waals surface area contributed by atoms with Crippen molar-refractivity contribution in [1.29, 1.82) is 0 Å². The molecule has 0 radical (unpaired) electrons. The lowest BCUT2D eigenvalue weighted by molar-refractivity contribution is -0.297. The number of aliphatic hydroxyl groups is 3. The Hall–Kier alpha value is -3.17. The second-order valence-corrected chi connectivity index (χ2v) is 16.5. The van der Waals surface area contributed by atoms with E-state index in [1.54, 1.807) is 0 Å². The Morgan fingerprint density at radius 1 is 0.583 bits per heavy atom. The Balaban J connectivity index is 2.51. The third-order valence-electron chi connectivity index (χ3n) is 9.46. The van der Waals surface area contributed by atoms with Gasteiger partial charge < -0.3 is 34.3 Å². The predicted molar refractivity (Wildman–Crippen MR) is 238 cm³/mol. The van der Waals surface area contributed by atoms with Gasteiger partial charge in [-0.15, -0.1) is 0 Å². The van der Waals surface area contributed by atoms with Crippen molar-refractivity contribution >= 4 is 22.1 Å². The summed E-state index contributed by atoms with van der Waals surface area (Å²) in [6.07, 6.45) is 37.7. The molecule has 1 aliphatic heterocycles. The molecule has 0 spiro atoms. The first kappa shape index (κ1) is 54.8. The van der Waals surface area contributed by atoms with Crippen LogP contribution in [0.15, 0.2) is 85.1 Å². The SMILES string of the molecule is CC/C=C/C/C=C/C/C=C/C/C=C/CCCCC(=O)O[C@H](COC(=O)CCCCCC/C=C/C/C=C/C/C=C/CCCCC)CO[C@H]1O[C@H](CS(=O)(=O)O)[C@@H](O)C(O)C1O. The van der Waals surface area contributed by atoms with E-state index in [1.165, 1.54) is 19.3 Å². The van der Waals surface area contributed by atoms with Gasteiger partial charge >= 0.3 is 11.9 Å². The van der Waals surface area contributed by atoms with E-state index in [-0.39, 0.29) is 19.4 Å². The fourth-order valence-electron chi connectivity index (χ4n) is 6.02. The Bertz CT molecular complexity index is 1430. The topological polar surface area (TPSA) is 186 Å². The molecule has 0 aromatic rings. The van der Waals surface area contributed by atoms with Gasteiger partial charge in [0.15, 0.2) is 12.4 Å². The van der Waals surface area contributed by atoms with E-state index < -0.39 is 71.2 Å². The zero-order valence-corrected chi connectivity index (χ0v) is 37.1. The molecule has 0 aromatic heterocycles. The minimum atomic E-state index is -4.61. The molecule has 1 rings (SSSR count). The molecule has 0 saturated carbocycles. The standard InChI is InChI=1S/C47H76O12S/c1-3-5-7-9-11-13-15-17-19-20-22-23-25-27-29-31-33-35-42(48)56-37-40(38-57-47-46(52)45(51)44(50)41(59-47)39-60(53,54)55)58-43(49)36-34-32-30-28-26-24-21-18-16-14-12-10-8-6-4-2/h6,8,11-14,17-19,21-23,26,28,40-41,44-47,50-52H,3-5,7,9-10,15-16,20,24-25,27,29-39H2,1-2H3,(H,53,54,55)/b8-6+,13-11+,14-12+,19-17+,21-18+,23-22+,28-26+/t40-,41-,44-,45?,46?,47+/m1/s1. The highest BCUT2D eigenvalue weighted by Crippen LogP contribution is 2.24. The smallest absolute Gasteiger partial charge is 0.306 e. The van der Waals surface area contributed by atoms with E-state index in [9.17, 15) is 37.9 Å². The average molecular weight is 865 g/mol. The summed E-state index contributed by atoms with van der Waals surface area (Å²) in [4.78, 5) is 25.4. The number of carbonyl (C=O) groups is 2. The summed E-state index contributed by atoms with van der Waals surface area (Å²) >= 11 is 0. The van der Waals surface area contributed by atoms with E-state index in [0.717, 1.165) is 83.5 Å². The maximum Gasteiger partial charge on any atom is 0.306 e. The molecule has 1 aliphatic rings. The Kier molecular flexibility index (Phi) is 33.3. The van der Waals surface area contributed by atoms with Gasteiger partial charge in [0.05, 0.1) is 6.61 Å². The summed E-state index contributed by atoms with van der Waals surface area (Å²) < 4.78 is 54.0. The normalized spacial score (nSPS) is 20.9. The van der Waals surface area contributed by atoms with Crippen molar-refractivity contribution in [3.05, 3.63) is 85.1 Å². The third kappa shape index (κ3) is 30.8. The summed E-state index contributed by atoms with van der Waals surface area (Å²) in [7, 11) is -4.61. The highest BCUT2D eigenvalue weighted by atomic mass is 32.2. The van der Waals surface area contributed by atoms with Crippen molar-refractivity contribution in [1.82, 2.24) is 0 Å². The lowest BCUT2D eigenvalue weighted by Gasteiger charge is -2.40. The summed E-state index contributed by atoms with van der Waals surface area (Å²) in [5.74, 6) is -2.08. The lowest BCUT2D eigenvalue weighted by atomic mass is 10.00. The van der Waals surface area contributed by atoms with Crippen LogP contribution in [0.25, 0.3) is 0 Å². The molecule has 12 nitrogen and oxygen atoms in total. The lowest BCUT2D eigenvalue weighted by Crippen LogP contribution is -2.60. The first-order valence-corrected chi connectivity index (χ1v) is 23.8. The van der Waals surface area contributed by atoms with Crippen LogP contribution in [0.4, 0.5) is 0 Å². The molecule has 1 heterocycles. The Morgan fingerprint density at radius 3 is 1.58 bits per heavy atom. The summed E-state index contributed by atoms with van der Waals surface area (Å²) in [5.41, 5.74) is 0. The second-order valence-electron chi connectivity index (χ2n) is 15.0. The molecule has 1 saturated heterocycles.